The van der Waals surface area contributed by atoms with E-state index in [0.29, 0.717) is 11.0 Å². The Balaban J connectivity index is 2.12. The summed E-state index contributed by atoms with van der Waals surface area (Å²) in [7, 11) is -5.83. The first-order valence-electron chi connectivity index (χ1n) is 6.86. The molecule has 0 bridgehead atoms. The molecule has 25 heavy (non-hydrogen) atoms. The van der Waals surface area contributed by atoms with E-state index in [1.54, 1.807) is 30.3 Å². The first kappa shape index (κ1) is 17.0. The van der Waals surface area contributed by atoms with E-state index >= 15 is 0 Å². The number of nitrogens with zero attached hydrogens (tertiary/aromatic N) is 3. The van der Waals surface area contributed by atoms with Crippen LogP contribution in [0.15, 0.2) is 54.6 Å². The molecule has 0 unspecified atom stereocenters. The van der Waals surface area contributed by atoms with E-state index in [9.17, 15) is 21.6 Å². The zero-order valence-corrected chi connectivity index (χ0v) is 13.2. The highest BCUT2D eigenvalue weighted by molar-refractivity contribution is 7.87. The van der Waals surface area contributed by atoms with Crippen molar-refractivity contribution in [2.45, 2.75) is 5.51 Å². The van der Waals surface area contributed by atoms with Crippen molar-refractivity contribution in [2.75, 3.05) is 0 Å². The van der Waals surface area contributed by atoms with Gasteiger partial charge in [0, 0.05) is 5.56 Å². The summed E-state index contributed by atoms with van der Waals surface area (Å²) in [5, 5.41) is 7.64. The van der Waals surface area contributed by atoms with Crippen molar-refractivity contribution in [2.24, 2.45) is 0 Å². The zero-order valence-electron chi connectivity index (χ0n) is 12.4. The molecule has 0 atom stereocenters. The van der Waals surface area contributed by atoms with Gasteiger partial charge in [-0.05, 0) is 12.1 Å². The highest BCUT2D eigenvalue weighted by Crippen LogP contribution is 2.30. The molecule has 0 fully saturated rings. The molecule has 1 heterocycles. The molecule has 6 nitrogen and oxygen atoms in total. The molecule has 3 rings (SSSR count). The monoisotopic (exact) mass is 369 g/mol. The Morgan fingerprint density at radius 3 is 2.36 bits per heavy atom. The van der Waals surface area contributed by atoms with E-state index in [1.165, 1.54) is 24.3 Å². The van der Waals surface area contributed by atoms with Crippen molar-refractivity contribution in [1.82, 2.24) is 15.0 Å². The molecular formula is C15H10F3N3O3S. The quantitative estimate of drug-likeness (QED) is 0.401. The third-order valence-electron chi connectivity index (χ3n) is 3.16. The first-order chi connectivity index (χ1) is 11.8. The van der Waals surface area contributed by atoms with Gasteiger partial charge in [-0.1, -0.05) is 47.7 Å². The van der Waals surface area contributed by atoms with Gasteiger partial charge >= 0.3 is 15.6 Å². The summed E-state index contributed by atoms with van der Waals surface area (Å²) in [6.45, 7) is 0. The number of aromatic nitrogens is 3. The lowest BCUT2D eigenvalue weighted by Gasteiger charge is -2.12. The Morgan fingerprint density at radius 1 is 1.04 bits per heavy atom. The van der Waals surface area contributed by atoms with Crippen molar-refractivity contribution >= 4 is 33.1 Å². The zero-order chi connectivity index (χ0) is 18.1. The molecule has 10 heteroatoms. The molecule has 2 aromatic carbocycles. The Kier molecular flexibility index (Phi) is 4.21. The number of alkyl halides is 3. The van der Waals surface area contributed by atoms with Crippen LogP contribution in [-0.2, 0) is 14.3 Å². The Bertz CT molecular complexity index is 1030. The van der Waals surface area contributed by atoms with E-state index in [4.69, 9.17) is 0 Å². The number of rotatable bonds is 4. The first-order valence-corrected chi connectivity index (χ1v) is 8.27. The highest BCUT2D eigenvalue weighted by atomic mass is 32.2. The molecule has 1 aromatic heterocycles. The van der Waals surface area contributed by atoms with Gasteiger partial charge in [0.1, 0.15) is 5.52 Å². The molecule has 0 amide bonds. The van der Waals surface area contributed by atoms with Gasteiger partial charge in [-0.3, -0.25) is 0 Å². The second kappa shape index (κ2) is 6.20. The van der Waals surface area contributed by atoms with Gasteiger partial charge in [0.2, 0.25) is 0 Å². The van der Waals surface area contributed by atoms with E-state index in [1.807, 2.05) is 0 Å². The van der Waals surface area contributed by atoms with E-state index in [0.717, 1.165) is 10.9 Å². The Labute approximate surface area is 140 Å². The molecule has 0 aliphatic rings. The third kappa shape index (κ3) is 3.48. The minimum absolute atomic E-state index is 0.134. The topological polar surface area (TPSA) is 74.1 Å². The fraction of sp³-hybridized carbons (Fsp3) is 0.0667. The van der Waals surface area contributed by atoms with Crippen LogP contribution in [0.25, 0.3) is 23.0 Å². The second-order valence-corrected chi connectivity index (χ2v) is 6.40. The summed E-state index contributed by atoms with van der Waals surface area (Å²) in [5.41, 5.74) is -4.45. The lowest BCUT2D eigenvalue weighted by Crippen LogP contribution is -2.25. The average Bonchev–Trinajstić information content (AvgIpc) is 2.97. The molecular weight excluding hydrogens is 359 g/mol. The van der Waals surface area contributed by atoms with E-state index in [2.05, 4.69) is 14.5 Å². The summed E-state index contributed by atoms with van der Waals surface area (Å²) in [4.78, 5) is 0. The van der Waals surface area contributed by atoms with Gasteiger partial charge in [-0.25, -0.2) is 4.68 Å². The van der Waals surface area contributed by atoms with Crippen molar-refractivity contribution in [1.29, 1.82) is 0 Å². The van der Waals surface area contributed by atoms with E-state index < -0.39 is 21.4 Å². The third-order valence-corrected chi connectivity index (χ3v) is 4.12. The maximum Gasteiger partial charge on any atom is 0.534 e. The van der Waals surface area contributed by atoms with Crippen molar-refractivity contribution in [3.05, 3.63) is 60.2 Å². The van der Waals surface area contributed by atoms with Crippen LogP contribution < -0.4 is 0 Å². The smallest absolute Gasteiger partial charge is 0.374 e. The summed E-state index contributed by atoms with van der Waals surface area (Å²) in [6.07, 6.45) is 1.04. The standard InChI is InChI=1S/C15H10F3N3O3S/c16-15(17,18)25(22,23)24-14(11-6-2-1-3-7-11)10-21-13-9-5-4-8-12(13)19-20-21/h1-10H. The van der Waals surface area contributed by atoms with Crippen LogP contribution in [0.5, 0.6) is 0 Å². The minimum Gasteiger partial charge on any atom is -0.374 e. The van der Waals surface area contributed by atoms with Crippen LogP contribution >= 0.6 is 0 Å². The van der Waals surface area contributed by atoms with Crippen LogP contribution in [0.3, 0.4) is 0 Å². The van der Waals surface area contributed by atoms with Gasteiger partial charge in [0.05, 0.1) is 11.7 Å². The molecule has 0 N–H and O–H groups in total. The highest BCUT2D eigenvalue weighted by Gasteiger charge is 2.49. The molecule has 0 aliphatic heterocycles. The molecule has 0 saturated heterocycles. The number of halogens is 3. The normalized spacial score (nSPS) is 13.2. The molecule has 0 saturated carbocycles. The summed E-state index contributed by atoms with van der Waals surface area (Å²) < 4.78 is 66.3. The van der Waals surface area contributed by atoms with Crippen LogP contribution in [0.2, 0.25) is 0 Å². The van der Waals surface area contributed by atoms with Crippen LogP contribution in [0.4, 0.5) is 13.2 Å². The van der Waals surface area contributed by atoms with Crippen LogP contribution in [-0.4, -0.2) is 28.9 Å². The maximum absolute atomic E-state index is 12.7. The predicted molar refractivity (Wildman–Crippen MR) is 84.2 cm³/mol. The SMILES string of the molecule is O=S(=O)(OC(=Cn1nnc2ccccc21)c1ccccc1)C(F)(F)F. The van der Waals surface area contributed by atoms with Crippen molar-refractivity contribution < 1.29 is 25.8 Å². The largest absolute Gasteiger partial charge is 0.534 e. The lowest BCUT2D eigenvalue weighted by atomic mass is 10.2. The van der Waals surface area contributed by atoms with Gasteiger partial charge < -0.3 is 4.18 Å². The van der Waals surface area contributed by atoms with Crippen LogP contribution in [0, 0.1) is 0 Å². The molecule has 0 radical (unpaired) electrons. The van der Waals surface area contributed by atoms with Gasteiger partial charge in [-0.15, -0.1) is 5.10 Å². The molecule has 130 valence electrons. The fourth-order valence-electron chi connectivity index (χ4n) is 2.01. The number of fused-ring (bicyclic) bond motifs is 1. The van der Waals surface area contributed by atoms with Gasteiger partial charge in [0.25, 0.3) is 0 Å². The van der Waals surface area contributed by atoms with Crippen molar-refractivity contribution in [3.8, 4) is 0 Å². The van der Waals surface area contributed by atoms with E-state index in [-0.39, 0.29) is 5.56 Å². The minimum atomic E-state index is -5.83. The number of hydrogen-bond acceptors (Lipinski definition) is 5. The Hall–Kier alpha value is -2.88. The molecule has 3 aromatic rings. The molecule has 0 spiro atoms. The predicted octanol–water partition coefficient (Wildman–Crippen LogP) is 3.25. The summed E-state index contributed by atoms with van der Waals surface area (Å²) in [6, 6.07) is 14.2. The van der Waals surface area contributed by atoms with Gasteiger partial charge in [-0.2, -0.15) is 21.6 Å². The second-order valence-electron chi connectivity index (χ2n) is 4.87. The fourth-order valence-corrected chi connectivity index (χ4v) is 2.48. The average molecular weight is 369 g/mol. The summed E-state index contributed by atoms with van der Waals surface area (Å²) >= 11 is 0. The Morgan fingerprint density at radius 2 is 1.68 bits per heavy atom. The number of para-hydroxylation sites is 1. The summed E-state index contributed by atoms with van der Waals surface area (Å²) in [5.74, 6) is -0.534. The number of hydrogen-bond donors (Lipinski definition) is 0. The van der Waals surface area contributed by atoms with Gasteiger partial charge in [0.15, 0.2) is 5.76 Å². The number of benzene rings is 2. The van der Waals surface area contributed by atoms with Crippen LogP contribution in [0.1, 0.15) is 5.56 Å². The molecule has 0 aliphatic carbocycles. The lowest BCUT2D eigenvalue weighted by molar-refractivity contribution is -0.0509. The maximum atomic E-state index is 12.7. The van der Waals surface area contributed by atoms with Crippen molar-refractivity contribution in [3.63, 3.8) is 0 Å².